The number of ether oxygens (including phenoxy) is 8. The number of hydrogen-bond acceptors (Lipinski definition) is 18. The van der Waals surface area contributed by atoms with Crippen molar-refractivity contribution in [1.82, 2.24) is 25.6 Å². The number of esters is 1. The van der Waals surface area contributed by atoms with Crippen LogP contribution in [0.4, 0.5) is 30.7 Å². The van der Waals surface area contributed by atoms with Gasteiger partial charge in [0.25, 0.3) is 12.2 Å². The molecule has 2 aromatic carbocycles. The molecule has 2 amide bonds. The number of halogens is 7. The van der Waals surface area contributed by atoms with Crippen molar-refractivity contribution in [2.75, 3.05) is 79.2 Å². The molecule has 75 heavy (non-hydrogen) atoms. The summed E-state index contributed by atoms with van der Waals surface area (Å²) >= 11 is 0. The van der Waals surface area contributed by atoms with Gasteiger partial charge in [0.1, 0.15) is 24.5 Å². The van der Waals surface area contributed by atoms with Gasteiger partial charge >= 0.3 is 11.9 Å². The topological polar surface area (TPSA) is 298 Å². The van der Waals surface area contributed by atoms with E-state index in [9.17, 15) is 75.4 Å². The first-order chi connectivity index (χ1) is 35.9. The Morgan fingerprint density at radius 1 is 0.773 bits per heavy atom. The summed E-state index contributed by atoms with van der Waals surface area (Å²) in [6.07, 6.45) is -7.74. The van der Waals surface area contributed by atoms with Crippen LogP contribution >= 0.6 is 0 Å². The maximum absolute atomic E-state index is 13.6. The number of rotatable bonds is 36. The fourth-order valence-electron chi connectivity index (χ4n) is 7.04. The van der Waals surface area contributed by atoms with Crippen molar-refractivity contribution in [2.45, 2.75) is 101 Å². The number of aliphatic hydroxyl groups excluding tert-OH is 4. The average Bonchev–Trinajstić information content (AvgIpc) is 3.85. The highest BCUT2D eigenvalue weighted by atomic mass is 19.3. The number of aliphatic hydroxyl groups is 4. The van der Waals surface area contributed by atoms with Gasteiger partial charge in [0.15, 0.2) is 0 Å². The van der Waals surface area contributed by atoms with E-state index < -0.39 is 127 Å². The molecular weight excluding hydrogens is 1030 g/mol. The summed E-state index contributed by atoms with van der Waals surface area (Å²) in [6.45, 7) is 0.299. The molecule has 29 heteroatoms. The first-order valence-corrected chi connectivity index (χ1v) is 23.5. The zero-order valence-electron chi connectivity index (χ0n) is 40.3. The minimum absolute atomic E-state index is 0.0248. The van der Waals surface area contributed by atoms with Gasteiger partial charge in [0.2, 0.25) is 46.6 Å². The van der Waals surface area contributed by atoms with Crippen LogP contribution in [0.25, 0.3) is 0 Å². The molecule has 0 aliphatic carbocycles. The molecule has 1 aliphatic heterocycles. The molecule has 2 heterocycles. The van der Waals surface area contributed by atoms with Gasteiger partial charge < -0.3 is 74.1 Å². The van der Waals surface area contributed by atoms with Crippen LogP contribution in [0.3, 0.4) is 0 Å². The second-order valence-electron chi connectivity index (χ2n) is 16.6. The second kappa shape index (κ2) is 32.2. The molecule has 7 N–H and O–H groups in total. The fourth-order valence-corrected chi connectivity index (χ4v) is 7.04. The molecule has 1 fully saturated rings. The molecule has 0 saturated carbocycles. The summed E-state index contributed by atoms with van der Waals surface area (Å²) in [5.41, 5.74) is 0.720. The highest BCUT2D eigenvalue weighted by molar-refractivity contribution is 5.79. The number of hydrogen-bond donors (Lipinski definition) is 7. The predicted molar refractivity (Wildman–Crippen MR) is 239 cm³/mol. The normalized spacial score (nSPS) is 18.5. The molecule has 1 aromatic heterocycles. The molecule has 1 aliphatic rings. The molecule has 22 nitrogen and oxygen atoms in total. The van der Waals surface area contributed by atoms with Gasteiger partial charge in [-0.25, -0.2) is 31.4 Å². The number of aromatic nitrogens is 3. The van der Waals surface area contributed by atoms with Crippen molar-refractivity contribution in [3.63, 3.8) is 0 Å². The number of carbonyl (C=O) groups is 4. The van der Waals surface area contributed by atoms with Crippen molar-refractivity contribution in [3.05, 3.63) is 76.4 Å². The monoisotopic (exact) mass is 1090 g/mol. The van der Waals surface area contributed by atoms with Gasteiger partial charge in [0.05, 0.1) is 110 Å². The number of carboxylic acid groups (broad SMARTS) is 1. The third kappa shape index (κ3) is 20.2. The number of alkyl halides is 2. The van der Waals surface area contributed by atoms with Crippen molar-refractivity contribution < 1.29 is 113 Å². The van der Waals surface area contributed by atoms with Crippen LogP contribution in [0, 0.1) is 29.1 Å². The van der Waals surface area contributed by atoms with Crippen LogP contribution in [0.2, 0.25) is 0 Å². The Morgan fingerprint density at radius 2 is 1.36 bits per heavy atom. The lowest BCUT2D eigenvalue weighted by Gasteiger charge is -2.46. The number of benzene rings is 2. The maximum Gasteiger partial charge on any atom is 0.364 e. The summed E-state index contributed by atoms with van der Waals surface area (Å²) in [5, 5.41) is 65.1. The number of nitrogens with one attached hydrogen (secondary N) is 2. The molecule has 420 valence electrons. The molecule has 0 spiro atoms. The Balaban J connectivity index is 1.03. The maximum atomic E-state index is 13.6. The zero-order valence-corrected chi connectivity index (χ0v) is 40.3. The van der Waals surface area contributed by atoms with Crippen molar-refractivity contribution in [2.24, 2.45) is 0 Å². The lowest BCUT2D eigenvalue weighted by molar-refractivity contribution is -0.310. The number of nitrogens with zero attached hydrogens (tertiary/aromatic N) is 3. The number of aliphatic carboxylic acids is 1. The molecule has 0 bridgehead atoms. The highest BCUT2D eigenvalue weighted by Crippen LogP contribution is 2.34. The minimum Gasteiger partial charge on any atom is -0.477 e. The van der Waals surface area contributed by atoms with Crippen molar-refractivity contribution in [1.29, 1.82) is 0 Å². The number of amides is 2. The van der Waals surface area contributed by atoms with Crippen LogP contribution in [0.5, 0.6) is 5.75 Å². The minimum atomic E-state index is -2.70. The third-order valence-electron chi connectivity index (χ3n) is 11.0. The zero-order chi connectivity index (χ0) is 54.9. The Hall–Kier alpha value is -5.47. The standard InChI is InChI=1S/C46H60F7N5O17/c47-35-36(48)38(50)42(39(51)37(35)49)74-34(64)9-13-68-15-17-70-19-20-71-18-16-69-14-10-58-24-29(56-57-58)26-72-11-3-1-2-4-12-73-46(45(66)67)22-30(60)40(55-33(63)25-59)43(75-46)41(65)31(61)23-54-32(62)21-27-5-7-28(8-6-27)44(52)53/h5-8,24,30-31,40-41,43-44,59-61,65H,1-4,9-23,25-26H2,(H,54,62)(H,55,63)(H,66,67)/t30-,31+,40+,41+,43+,46+/m0/s1. The van der Waals surface area contributed by atoms with Crippen LogP contribution in [0.15, 0.2) is 30.5 Å². The fraction of sp³-hybridized carbons (Fsp3) is 0.609. The van der Waals surface area contributed by atoms with Gasteiger partial charge in [0, 0.05) is 25.1 Å². The summed E-state index contributed by atoms with van der Waals surface area (Å²) < 4.78 is 137. The first kappa shape index (κ1) is 62.1. The van der Waals surface area contributed by atoms with Gasteiger partial charge in [-0.15, -0.1) is 5.10 Å². The summed E-state index contributed by atoms with van der Waals surface area (Å²) in [4.78, 5) is 48.9. The lowest BCUT2D eigenvalue weighted by Crippen LogP contribution is -2.68. The molecule has 0 radical (unpaired) electrons. The van der Waals surface area contributed by atoms with E-state index in [0.29, 0.717) is 56.7 Å². The molecule has 3 aromatic rings. The second-order valence-corrected chi connectivity index (χ2v) is 16.6. The quantitative estimate of drug-likeness (QED) is 0.0109. The van der Waals surface area contributed by atoms with E-state index >= 15 is 0 Å². The summed E-state index contributed by atoms with van der Waals surface area (Å²) in [5.74, 6) is -20.2. The SMILES string of the molecule is O=C(Cc1ccc(C(F)F)cc1)NC[C@@H](O)[C@@H](O)[C@@H]1O[C@@](OCCCCCCOCc2cn(CCOCCOCCOCCOCCC(=O)Oc3c(F)c(F)c(F)c(F)c3F)nn2)(C(=O)O)C[C@H](O)[C@H]1NC(=O)CO. The molecule has 0 unspecified atom stereocenters. The van der Waals surface area contributed by atoms with E-state index in [2.05, 4.69) is 25.7 Å². The van der Waals surface area contributed by atoms with E-state index in [0.717, 1.165) is 12.1 Å². The smallest absolute Gasteiger partial charge is 0.364 e. The largest absolute Gasteiger partial charge is 0.477 e. The van der Waals surface area contributed by atoms with E-state index in [1.165, 1.54) is 12.1 Å². The van der Waals surface area contributed by atoms with E-state index in [1.807, 2.05) is 0 Å². The van der Waals surface area contributed by atoms with Gasteiger partial charge in [-0.2, -0.15) is 8.78 Å². The first-order valence-electron chi connectivity index (χ1n) is 23.5. The van der Waals surface area contributed by atoms with Crippen LogP contribution in [-0.4, -0.2) is 180 Å². The van der Waals surface area contributed by atoms with Gasteiger partial charge in [-0.1, -0.05) is 42.3 Å². The van der Waals surface area contributed by atoms with E-state index in [4.69, 9.17) is 33.2 Å². The molecule has 4 rings (SSSR count). The Kier molecular flexibility index (Phi) is 26.6. The number of unbranched alkanes of at least 4 members (excludes halogenated alkanes) is 3. The van der Waals surface area contributed by atoms with Crippen LogP contribution in [0.1, 0.15) is 61.8 Å². The van der Waals surface area contributed by atoms with Crippen molar-refractivity contribution in [3.8, 4) is 5.75 Å². The number of carboxylic acids is 1. The van der Waals surface area contributed by atoms with E-state index in [1.54, 1.807) is 10.9 Å². The lowest BCUT2D eigenvalue weighted by atomic mass is 9.88. The predicted octanol–water partition coefficient (Wildman–Crippen LogP) is 1.56. The Bertz CT molecular complexity index is 2230. The molecular formula is C46H60F7N5O17. The number of carbonyl (C=O) groups excluding carboxylic acids is 3. The van der Waals surface area contributed by atoms with Gasteiger partial charge in [-0.05, 0) is 18.4 Å². The Morgan fingerprint density at radius 3 is 1.96 bits per heavy atom. The molecule has 6 atom stereocenters. The highest BCUT2D eigenvalue weighted by Gasteiger charge is 2.56. The summed E-state index contributed by atoms with van der Waals surface area (Å²) in [7, 11) is 0. The van der Waals surface area contributed by atoms with Crippen LogP contribution < -0.4 is 15.4 Å². The average molecular weight is 1090 g/mol. The molecule has 1 saturated heterocycles. The van der Waals surface area contributed by atoms with Gasteiger partial charge in [-0.3, -0.25) is 14.4 Å². The van der Waals surface area contributed by atoms with Crippen molar-refractivity contribution >= 4 is 23.8 Å². The van der Waals surface area contributed by atoms with Crippen LogP contribution in [-0.2, 0) is 71.9 Å². The summed E-state index contributed by atoms with van der Waals surface area (Å²) in [6, 6.07) is 3.44. The third-order valence-corrected chi connectivity index (χ3v) is 11.0. The van der Waals surface area contributed by atoms with E-state index in [-0.39, 0.29) is 71.4 Å². The Labute approximate surface area is 424 Å².